The van der Waals surface area contributed by atoms with Crippen LogP contribution in [0.4, 0.5) is 5.69 Å². The van der Waals surface area contributed by atoms with Crippen molar-refractivity contribution in [2.45, 2.75) is 12.8 Å². The average Bonchev–Trinajstić information content (AvgIpc) is 3.08. The van der Waals surface area contributed by atoms with Crippen molar-refractivity contribution in [3.05, 3.63) is 66.0 Å². The van der Waals surface area contributed by atoms with Gasteiger partial charge in [-0.2, -0.15) is 0 Å². The van der Waals surface area contributed by atoms with Crippen molar-refractivity contribution in [3.63, 3.8) is 0 Å². The summed E-state index contributed by atoms with van der Waals surface area (Å²) in [6.45, 7) is 0. The minimum absolute atomic E-state index is 0.0936. The van der Waals surface area contributed by atoms with E-state index in [4.69, 9.17) is 11.6 Å². The highest BCUT2D eigenvalue weighted by Crippen LogP contribution is 2.13. The molecule has 23 heavy (non-hydrogen) atoms. The number of hydrogen-bond acceptors (Lipinski definition) is 4. The van der Waals surface area contributed by atoms with E-state index in [1.807, 2.05) is 24.3 Å². The number of aryl methyl sites for hydroxylation is 1. The van der Waals surface area contributed by atoms with Gasteiger partial charge in [-0.1, -0.05) is 23.7 Å². The third-order valence-corrected chi connectivity index (χ3v) is 3.42. The molecule has 0 aliphatic carbocycles. The van der Waals surface area contributed by atoms with Crippen LogP contribution < -0.4 is 5.32 Å². The molecule has 0 aliphatic heterocycles. The number of carbonyl (C=O) groups is 1. The van der Waals surface area contributed by atoms with Crippen LogP contribution in [-0.4, -0.2) is 25.4 Å². The van der Waals surface area contributed by atoms with Gasteiger partial charge in [-0.3, -0.25) is 9.36 Å². The number of nitrogens with one attached hydrogen (secondary N) is 1. The molecule has 1 aromatic carbocycles. The molecule has 6 nitrogen and oxygen atoms in total. The van der Waals surface area contributed by atoms with Gasteiger partial charge < -0.3 is 5.32 Å². The first-order valence-electron chi connectivity index (χ1n) is 7.05. The van der Waals surface area contributed by atoms with E-state index >= 15 is 0 Å². The maximum Gasteiger partial charge on any atom is 0.234 e. The summed E-state index contributed by atoms with van der Waals surface area (Å²) in [5.74, 6) is 0.406. The molecule has 2 aromatic heterocycles. The predicted octanol–water partition coefficient (Wildman–Crippen LogP) is 2.89. The first-order valence-corrected chi connectivity index (χ1v) is 7.43. The number of aromatic nitrogens is 4. The zero-order valence-electron chi connectivity index (χ0n) is 12.2. The van der Waals surface area contributed by atoms with E-state index in [-0.39, 0.29) is 5.91 Å². The zero-order valence-corrected chi connectivity index (χ0v) is 12.9. The quantitative estimate of drug-likeness (QED) is 0.782. The van der Waals surface area contributed by atoms with Crippen LogP contribution in [0.25, 0.3) is 5.95 Å². The van der Waals surface area contributed by atoms with E-state index in [1.54, 1.807) is 35.7 Å². The smallest absolute Gasteiger partial charge is 0.234 e. The molecule has 0 saturated heterocycles. The molecule has 2 heterocycles. The third-order valence-electron chi connectivity index (χ3n) is 3.19. The van der Waals surface area contributed by atoms with E-state index in [1.165, 1.54) is 0 Å². The van der Waals surface area contributed by atoms with Gasteiger partial charge in [0.15, 0.2) is 0 Å². The van der Waals surface area contributed by atoms with Crippen LogP contribution in [0.15, 0.2) is 55.4 Å². The van der Waals surface area contributed by atoms with Crippen molar-refractivity contribution >= 4 is 23.2 Å². The summed E-state index contributed by atoms with van der Waals surface area (Å²) < 4.78 is 1.69. The normalized spacial score (nSPS) is 10.5. The lowest BCUT2D eigenvalue weighted by atomic mass is 10.1. The minimum atomic E-state index is -0.0936. The van der Waals surface area contributed by atoms with Crippen LogP contribution in [0.3, 0.4) is 0 Å². The summed E-state index contributed by atoms with van der Waals surface area (Å²) in [4.78, 5) is 24.3. The van der Waals surface area contributed by atoms with Gasteiger partial charge in [-0.15, -0.1) is 0 Å². The molecule has 116 valence electrons. The predicted molar refractivity (Wildman–Crippen MR) is 87.6 cm³/mol. The number of benzene rings is 1. The fourth-order valence-electron chi connectivity index (χ4n) is 2.07. The highest BCUT2D eigenvalue weighted by molar-refractivity contribution is 6.30. The highest BCUT2D eigenvalue weighted by atomic mass is 35.5. The van der Waals surface area contributed by atoms with E-state index in [2.05, 4.69) is 20.3 Å². The summed E-state index contributed by atoms with van der Waals surface area (Å²) in [5.41, 5.74) is 1.59. The Balaban J connectivity index is 1.55. The standard InChI is InChI=1S/C16H14ClN5O/c17-13-3-1-2-12(8-13)4-5-15(23)21-14-9-19-16(20-10-14)22-7-6-18-11-22/h1-3,6-11H,4-5H2,(H,21,23). The van der Waals surface area contributed by atoms with Crippen LogP contribution in [-0.2, 0) is 11.2 Å². The van der Waals surface area contributed by atoms with Crippen molar-refractivity contribution in [1.82, 2.24) is 19.5 Å². The Hall–Kier alpha value is -2.73. The summed E-state index contributed by atoms with van der Waals surface area (Å²) >= 11 is 5.92. The van der Waals surface area contributed by atoms with Crippen molar-refractivity contribution in [2.75, 3.05) is 5.32 Å². The molecule has 0 spiro atoms. The molecule has 0 saturated carbocycles. The second-order valence-corrected chi connectivity index (χ2v) is 5.36. The number of rotatable bonds is 5. The largest absolute Gasteiger partial charge is 0.323 e. The van der Waals surface area contributed by atoms with Crippen molar-refractivity contribution < 1.29 is 4.79 Å². The minimum Gasteiger partial charge on any atom is -0.323 e. The Morgan fingerprint density at radius 1 is 1.26 bits per heavy atom. The molecule has 0 fully saturated rings. The van der Waals surface area contributed by atoms with Gasteiger partial charge >= 0.3 is 0 Å². The molecule has 0 aliphatic rings. The lowest BCUT2D eigenvalue weighted by Crippen LogP contribution is -2.13. The van der Waals surface area contributed by atoms with Gasteiger partial charge in [0.25, 0.3) is 0 Å². The van der Waals surface area contributed by atoms with Crippen molar-refractivity contribution in [3.8, 4) is 5.95 Å². The molecule has 3 aromatic rings. The van der Waals surface area contributed by atoms with E-state index in [0.717, 1.165) is 5.56 Å². The topological polar surface area (TPSA) is 72.7 Å². The molecule has 0 radical (unpaired) electrons. The Bertz CT molecular complexity index is 786. The molecular formula is C16H14ClN5O. The Morgan fingerprint density at radius 2 is 2.09 bits per heavy atom. The first-order chi connectivity index (χ1) is 11.2. The number of carbonyl (C=O) groups excluding carboxylic acids is 1. The van der Waals surface area contributed by atoms with Gasteiger partial charge in [0.1, 0.15) is 6.33 Å². The fourth-order valence-corrected chi connectivity index (χ4v) is 2.28. The summed E-state index contributed by atoms with van der Waals surface area (Å²) in [6.07, 6.45) is 9.13. The summed E-state index contributed by atoms with van der Waals surface area (Å²) in [6, 6.07) is 7.49. The Kier molecular flexibility index (Phi) is 4.63. The Labute approximate surface area is 138 Å². The number of amides is 1. The van der Waals surface area contributed by atoms with Gasteiger partial charge in [0.2, 0.25) is 11.9 Å². The molecule has 0 unspecified atom stereocenters. The molecule has 0 atom stereocenters. The lowest BCUT2D eigenvalue weighted by Gasteiger charge is -2.06. The second kappa shape index (κ2) is 7.02. The monoisotopic (exact) mass is 327 g/mol. The molecular weight excluding hydrogens is 314 g/mol. The van der Waals surface area contributed by atoms with Crippen LogP contribution in [0.1, 0.15) is 12.0 Å². The van der Waals surface area contributed by atoms with Gasteiger partial charge in [0, 0.05) is 23.8 Å². The van der Waals surface area contributed by atoms with Gasteiger partial charge in [0.05, 0.1) is 18.1 Å². The maximum absolute atomic E-state index is 12.0. The van der Waals surface area contributed by atoms with Gasteiger partial charge in [-0.25, -0.2) is 15.0 Å². The lowest BCUT2D eigenvalue weighted by molar-refractivity contribution is -0.116. The number of halogens is 1. The zero-order chi connectivity index (χ0) is 16.1. The van der Waals surface area contributed by atoms with Crippen LogP contribution in [0.5, 0.6) is 0 Å². The molecule has 3 rings (SSSR count). The molecule has 7 heteroatoms. The number of imidazole rings is 1. The van der Waals surface area contributed by atoms with E-state index in [9.17, 15) is 4.79 Å². The fraction of sp³-hybridized carbons (Fsp3) is 0.125. The van der Waals surface area contributed by atoms with Crippen molar-refractivity contribution in [1.29, 1.82) is 0 Å². The van der Waals surface area contributed by atoms with E-state index < -0.39 is 0 Å². The van der Waals surface area contributed by atoms with Gasteiger partial charge in [-0.05, 0) is 24.1 Å². The second-order valence-electron chi connectivity index (χ2n) is 4.92. The van der Waals surface area contributed by atoms with Crippen LogP contribution in [0, 0.1) is 0 Å². The molecule has 1 amide bonds. The van der Waals surface area contributed by atoms with E-state index in [0.29, 0.717) is 29.5 Å². The number of anilines is 1. The summed E-state index contributed by atoms with van der Waals surface area (Å²) in [5, 5.41) is 3.45. The van der Waals surface area contributed by atoms with Crippen molar-refractivity contribution in [2.24, 2.45) is 0 Å². The maximum atomic E-state index is 12.0. The molecule has 0 bridgehead atoms. The average molecular weight is 328 g/mol. The summed E-state index contributed by atoms with van der Waals surface area (Å²) in [7, 11) is 0. The SMILES string of the molecule is O=C(CCc1cccc(Cl)c1)Nc1cnc(-n2ccnc2)nc1. The Morgan fingerprint density at radius 3 is 2.78 bits per heavy atom. The number of hydrogen-bond donors (Lipinski definition) is 1. The third kappa shape index (κ3) is 4.14. The number of nitrogens with zero attached hydrogens (tertiary/aromatic N) is 4. The van der Waals surface area contributed by atoms with Crippen LogP contribution in [0.2, 0.25) is 5.02 Å². The highest BCUT2D eigenvalue weighted by Gasteiger charge is 2.05. The molecule has 1 N–H and O–H groups in total. The van der Waals surface area contributed by atoms with Crippen LogP contribution >= 0.6 is 11.6 Å². The first kappa shape index (κ1) is 15.2.